The lowest BCUT2D eigenvalue weighted by molar-refractivity contribution is -0.143. The van der Waals surface area contributed by atoms with Gasteiger partial charge in [0.2, 0.25) is 0 Å². The molecule has 116 valence electrons. The number of carbonyl (C=O) groups is 1. The molecule has 1 aliphatic heterocycles. The summed E-state index contributed by atoms with van der Waals surface area (Å²) in [5, 5.41) is 3.29. The van der Waals surface area contributed by atoms with Crippen LogP contribution in [0.15, 0.2) is 24.3 Å². The fourth-order valence-electron chi connectivity index (χ4n) is 2.94. The number of esters is 1. The van der Waals surface area contributed by atoms with Gasteiger partial charge in [-0.2, -0.15) is 0 Å². The molecular weight excluding hydrogens is 264 g/mol. The van der Waals surface area contributed by atoms with Crippen molar-refractivity contribution in [1.29, 1.82) is 0 Å². The first-order chi connectivity index (χ1) is 10.1. The molecule has 1 aromatic carbocycles. The van der Waals surface area contributed by atoms with Crippen molar-refractivity contribution in [2.75, 3.05) is 25.1 Å². The number of para-hydroxylation sites is 1. The molecule has 0 fully saturated rings. The number of rotatable bonds is 6. The second-order valence-electron chi connectivity index (χ2n) is 5.91. The minimum Gasteiger partial charge on any atom is -0.468 e. The number of fused-ring (bicyclic) bond motifs is 1. The average molecular weight is 290 g/mol. The summed E-state index contributed by atoms with van der Waals surface area (Å²) in [6.45, 7) is 6.03. The molecule has 0 bridgehead atoms. The Hall–Kier alpha value is -1.55. The van der Waals surface area contributed by atoms with Gasteiger partial charge in [-0.3, -0.25) is 4.79 Å². The number of nitrogens with one attached hydrogen (secondary N) is 1. The highest BCUT2D eigenvalue weighted by Crippen LogP contribution is 2.26. The molecule has 4 nitrogen and oxygen atoms in total. The molecule has 0 aliphatic carbocycles. The van der Waals surface area contributed by atoms with Crippen LogP contribution in [0.25, 0.3) is 0 Å². The van der Waals surface area contributed by atoms with E-state index in [1.807, 2.05) is 13.8 Å². The normalized spacial score (nSPS) is 15.7. The van der Waals surface area contributed by atoms with Gasteiger partial charge >= 0.3 is 5.97 Å². The lowest BCUT2D eigenvalue weighted by Gasteiger charge is -2.32. The van der Waals surface area contributed by atoms with Crippen LogP contribution in [-0.4, -0.2) is 38.3 Å². The number of hydrogen-bond donors (Lipinski definition) is 1. The molecule has 1 aliphatic rings. The molecular formula is C17H26N2O2. The predicted octanol–water partition coefficient (Wildman–Crippen LogP) is 2.37. The highest BCUT2D eigenvalue weighted by molar-refractivity contribution is 5.75. The Morgan fingerprint density at radius 3 is 2.86 bits per heavy atom. The van der Waals surface area contributed by atoms with Crippen molar-refractivity contribution in [3.8, 4) is 0 Å². The maximum absolute atomic E-state index is 11.9. The van der Waals surface area contributed by atoms with Crippen LogP contribution in [0.2, 0.25) is 0 Å². The molecule has 1 N–H and O–H groups in total. The number of methoxy groups -OCH3 is 1. The Kier molecular flexibility index (Phi) is 5.62. The molecule has 1 heterocycles. The maximum atomic E-state index is 11.9. The number of nitrogens with zero attached hydrogens (tertiary/aromatic N) is 1. The van der Waals surface area contributed by atoms with Gasteiger partial charge in [-0.05, 0) is 30.9 Å². The van der Waals surface area contributed by atoms with Crippen LogP contribution in [0.5, 0.6) is 0 Å². The zero-order chi connectivity index (χ0) is 15.2. The lowest BCUT2D eigenvalue weighted by Crippen LogP contribution is -2.44. The largest absolute Gasteiger partial charge is 0.468 e. The van der Waals surface area contributed by atoms with E-state index in [1.165, 1.54) is 24.8 Å². The first-order valence-corrected chi connectivity index (χ1v) is 7.78. The number of aryl methyl sites for hydroxylation is 1. The van der Waals surface area contributed by atoms with E-state index in [2.05, 4.69) is 34.5 Å². The predicted molar refractivity (Wildman–Crippen MR) is 85.7 cm³/mol. The van der Waals surface area contributed by atoms with Gasteiger partial charge in [0.1, 0.15) is 6.04 Å². The fourth-order valence-corrected chi connectivity index (χ4v) is 2.94. The minimum absolute atomic E-state index is 0.172. The van der Waals surface area contributed by atoms with Gasteiger partial charge in [0, 0.05) is 24.8 Å². The van der Waals surface area contributed by atoms with Crippen molar-refractivity contribution in [2.45, 2.75) is 45.2 Å². The summed E-state index contributed by atoms with van der Waals surface area (Å²) < 4.78 is 4.90. The molecule has 1 aromatic rings. The van der Waals surface area contributed by atoms with Crippen molar-refractivity contribution in [1.82, 2.24) is 5.32 Å². The van der Waals surface area contributed by atoms with E-state index in [0.717, 1.165) is 25.9 Å². The third kappa shape index (κ3) is 4.21. The van der Waals surface area contributed by atoms with Gasteiger partial charge in [-0.15, -0.1) is 0 Å². The van der Waals surface area contributed by atoms with E-state index in [9.17, 15) is 4.79 Å². The zero-order valence-electron chi connectivity index (χ0n) is 13.3. The van der Waals surface area contributed by atoms with Crippen LogP contribution in [0.4, 0.5) is 5.69 Å². The molecule has 0 aromatic heterocycles. The SMILES string of the molecule is COC(=O)C(CCN1CCCc2ccccc21)NC(C)C. The highest BCUT2D eigenvalue weighted by atomic mass is 16.5. The van der Waals surface area contributed by atoms with E-state index in [0.29, 0.717) is 0 Å². The number of hydrogen-bond acceptors (Lipinski definition) is 4. The smallest absolute Gasteiger partial charge is 0.322 e. The van der Waals surface area contributed by atoms with E-state index < -0.39 is 0 Å². The minimum atomic E-state index is -0.232. The molecule has 0 saturated heterocycles. The van der Waals surface area contributed by atoms with Crippen LogP contribution in [0.1, 0.15) is 32.3 Å². The van der Waals surface area contributed by atoms with Gasteiger partial charge in [0.25, 0.3) is 0 Å². The van der Waals surface area contributed by atoms with Crippen LogP contribution < -0.4 is 10.2 Å². The molecule has 2 rings (SSSR count). The summed E-state index contributed by atoms with van der Waals surface area (Å²) in [7, 11) is 1.45. The van der Waals surface area contributed by atoms with Gasteiger partial charge in [-0.25, -0.2) is 0 Å². The van der Waals surface area contributed by atoms with Crippen molar-refractivity contribution >= 4 is 11.7 Å². The van der Waals surface area contributed by atoms with Gasteiger partial charge < -0.3 is 15.0 Å². The average Bonchev–Trinajstić information content (AvgIpc) is 2.50. The van der Waals surface area contributed by atoms with Crippen LogP contribution in [0, 0.1) is 0 Å². The third-order valence-electron chi connectivity index (χ3n) is 3.91. The summed E-state index contributed by atoms with van der Waals surface area (Å²) in [5.74, 6) is -0.172. The first-order valence-electron chi connectivity index (χ1n) is 7.78. The van der Waals surface area contributed by atoms with Crippen LogP contribution in [-0.2, 0) is 16.0 Å². The number of ether oxygens (including phenoxy) is 1. The van der Waals surface area contributed by atoms with Crippen LogP contribution in [0.3, 0.4) is 0 Å². The standard InChI is InChI=1S/C17H26N2O2/c1-13(2)18-15(17(20)21-3)10-12-19-11-6-8-14-7-4-5-9-16(14)19/h4-5,7,9,13,15,18H,6,8,10-12H2,1-3H3. The van der Waals surface area contributed by atoms with E-state index in [1.54, 1.807) is 0 Å². The molecule has 0 radical (unpaired) electrons. The number of anilines is 1. The number of carbonyl (C=O) groups excluding carboxylic acids is 1. The Bertz CT molecular complexity index is 474. The van der Waals surface area contributed by atoms with E-state index >= 15 is 0 Å². The van der Waals surface area contributed by atoms with Crippen molar-refractivity contribution < 1.29 is 9.53 Å². The number of benzene rings is 1. The molecule has 0 saturated carbocycles. The van der Waals surface area contributed by atoms with Gasteiger partial charge in [0.05, 0.1) is 7.11 Å². The molecule has 0 spiro atoms. The Balaban J connectivity index is 1.99. The maximum Gasteiger partial charge on any atom is 0.322 e. The molecule has 1 atom stereocenters. The summed E-state index contributed by atoms with van der Waals surface area (Å²) in [4.78, 5) is 14.2. The van der Waals surface area contributed by atoms with Gasteiger partial charge in [-0.1, -0.05) is 32.0 Å². The molecule has 4 heteroatoms. The summed E-state index contributed by atoms with van der Waals surface area (Å²) in [6.07, 6.45) is 3.09. The van der Waals surface area contributed by atoms with Crippen molar-refractivity contribution in [3.05, 3.63) is 29.8 Å². The monoisotopic (exact) mass is 290 g/mol. The van der Waals surface area contributed by atoms with Crippen LogP contribution >= 0.6 is 0 Å². The highest BCUT2D eigenvalue weighted by Gasteiger charge is 2.22. The quantitative estimate of drug-likeness (QED) is 0.817. The van der Waals surface area contributed by atoms with E-state index in [4.69, 9.17) is 4.74 Å². The van der Waals surface area contributed by atoms with Gasteiger partial charge in [0.15, 0.2) is 0 Å². The Labute approximate surface area is 127 Å². The summed E-state index contributed by atoms with van der Waals surface area (Å²) in [5.41, 5.74) is 2.73. The van der Waals surface area contributed by atoms with Crippen molar-refractivity contribution in [2.24, 2.45) is 0 Å². The second kappa shape index (κ2) is 7.46. The Morgan fingerprint density at radius 2 is 2.14 bits per heavy atom. The molecule has 1 unspecified atom stereocenters. The summed E-state index contributed by atoms with van der Waals surface area (Å²) >= 11 is 0. The molecule has 21 heavy (non-hydrogen) atoms. The molecule has 0 amide bonds. The fraction of sp³-hybridized carbons (Fsp3) is 0.588. The lowest BCUT2D eigenvalue weighted by atomic mass is 10.0. The second-order valence-corrected chi connectivity index (χ2v) is 5.91. The summed E-state index contributed by atoms with van der Waals surface area (Å²) in [6, 6.07) is 8.59. The Morgan fingerprint density at radius 1 is 1.38 bits per heavy atom. The first kappa shape index (κ1) is 15.8. The topological polar surface area (TPSA) is 41.6 Å². The third-order valence-corrected chi connectivity index (χ3v) is 3.91. The zero-order valence-corrected chi connectivity index (χ0v) is 13.3. The van der Waals surface area contributed by atoms with Crippen molar-refractivity contribution in [3.63, 3.8) is 0 Å². The van der Waals surface area contributed by atoms with E-state index in [-0.39, 0.29) is 18.1 Å².